The van der Waals surface area contributed by atoms with Crippen LogP contribution in [0.4, 0.5) is 0 Å². The zero-order valence-corrected chi connectivity index (χ0v) is 50.2. The molecule has 0 amide bonds. The van der Waals surface area contributed by atoms with E-state index in [1.54, 1.807) is 0 Å². The quantitative estimate of drug-likeness (QED) is 0.0195. The van der Waals surface area contributed by atoms with Crippen LogP contribution in [0.5, 0.6) is 0 Å². The van der Waals surface area contributed by atoms with Gasteiger partial charge in [-0.15, -0.1) is 0 Å². The molecule has 0 bridgehead atoms. The maximum absolute atomic E-state index is 12.8. The zero-order valence-electron chi connectivity index (χ0n) is 50.2. The number of carboxylic acid groups (broad SMARTS) is 1. The molecule has 2 atom stereocenters. The number of ether oxygens (including phenoxy) is 4. The molecule has 0 aromatic carbocycles. The first kappa shape index (κ1) is 73.7. The third kappa shape index (κ3) is 60.1. The van der Waals surface area contributed by atoms with Gasteiger partial charge >= 0.3 is 11.9 Å². The van der Waals surface area contributed by atoms with E-state index in [4.69, 9.17) is 18.9 Å². The van der Waals surface area contributed by atoms with Crippen molar-refractivity contribution in [3.63, 3.8) is 0 Å². The van der Waals surface area contributed by atoms with Gasteiger partial charge in [0.15, 0.2) is 12.4 Å². The molecule has 0 rings (SSSR count). The monoisotopic (exact) mass is 1090 g/mol. The molecule has 0 fully saturated rings. The minimum atomic E-state index is -1.65. The largest absolute Gasteiger partial charge is 0.545 e. The summed E-state index contributed by atoms with van der Waals surface area (Å²) >= 11 is 0. The number of carboxylic acids is 1. The molecular weight excluding hydrogens is 983 g/mol. The zero-order chi connectivity index (χ0) is 57.6. The van der Waals surface area contributed by atoms with Crippen LogP contribution in [0.1, 0.15) is 194 Å². The molecule has 0 radical (unpaired) electrons. The molecule has 0 aliphatic carbocycles. The van der Waals surface area contributed by atoms with E-state index in [0.717, 1.165) is 128 Å². The van der Waals surface area contributed by atoms with E-state index in [-0.39, 0.29) is 32.7 Å². The van der Waals surface area contributed by atoms with Gasteiger partial charge in [-0.3, -0.25) is 9.59 Å². The summed E-state index contributed by atoms with van der Waals surface area (Å²) in [5.74, 6) is -2.39. The first-order valence-electron chi connectivity index (χ1n) is 30.3. The van der Waals surface area contributed by atoms with E-state index in [0.29, 0.717) is 23.9 Å². The lowest BCUT2D eigenvalue weighted by molar-refractivity contribution is -0.870. The summed E-state index contributed by atoms with van der Waals surface area (Å²) in [6.45, 7) is 4.50. The van der Waals surface area contributed by atoms with E-state index in [2.05, 4.69) is 184 Å². The second-order valence-corrected chi connectivity index (χ2v) is 20.5. The highest BCUT2D eigenvalue weighted by Crippen LogP contribution is 2.12. The Kier molecular flexibility index (Phi) is 54.8. The number of carbonyl (C=O) groups excluding carboxylic acids is 3. The summed E-state index contributed by atoms with van der Waals surface area (Å²) in [5.41, 5.74) is 0. The number of allylic oxidation sites excluding steroid dienone is 28. The number of carbonyl (C=O) groups is 3. The molecule has 0 N–H and O–H groups in total. The van der Waals surface area contributed by atoms with E-state index in [1.165, 1.54) is 25.7 Å². The van der Waals surface area contributed by atoms with E-state index in [9.17, 15) is 19.5 Å². The Balaban J connectivity index is 4.32. The second kappa shape index (κ2) is 58.8. The SMILES string of the molecule is CC/C=C\C/C=C\C/C=C\C/C=C\C/C=C\C/C=C\C/C=C\C/C=C\C/C=C\C/C=C\C/C=C\C/C=C\CCCCC(=O)OC(COC(=O)CCCCCCC/C=C\C/C=C\CCCCC)COC(OCC[N+](C)(C)C)C(=O)[O-]. The van der Waals surface area contributed by atoms with Crippen LogP contribution >= 0.6 is 0 Å². The van der Waals surface area contributed by atoms with E-state index >= 15 is 0 Å². The summed E-state index contributed by atoms with van der Waals surface area (Å²) in [4.78, 5) is 37.2. The number of rotatable bonds is 53. The number of aliphatic carboxylic acids is 1. The van der Waals surface area contributed by atoms with Crippen LogP contribution < -0.4 is 5.11 Å². The van der Waals surface area contributed by atoms with Crippen molar-refractivity contribution in [2.75, 3.05) is 47.5 Å². The molecule has 0 spiro atoms. The van der Waals surface area contributed by atoms with Gasteiger partial charge < -0.3 is 33.3 Å². The number of hydrogen-bond acceptors (Lipinski definition) is 8. The van der Waals surface area contributed by atoms with Crippen molar-refractivity contribution in [3.8, 4) is 0 Å². The lowest BCUT2D eigenvalue weighted by atomic mass is 10.1. The molecule has 2 unspecified atom stereocenters. The normalized spacial score (nSPS) is 14.0. The first-order valence-corrected chi connectivity index (χ1v) is 30.3. The number of esters is 2. The maximum atomic E-state index is 12.8. The van der Waals surface area contributed by atoms with E-state index in [1.807, 2.05) is 21.1 Å². The molecule has 9 nitrogen and oxygen atoms in total. The molecule has 79 heavy (non-hydrogen) atoms. The van der Waals surface area contributed by atoms with Crippen molar-refractivity contribution in [2.45, 2.75) is 206 Å². The average Bonchev–Trinajstić information content (AvgIpc) is 3.42. The lowest BCUT2D eigenvalue weighted by Crippen LogP contribution is -2.44. The molecule has 0 heterocycles. The molecule has 442 valence electrons. The molecule has 9 heteroatoms. The molecule has 0 saturated heterocycles. The minimum Gasteiger partial charge on any atom is -0.545 e. The van der Waals surface area contributed by atoms with Crippen molar-refractivity contribution >= 4 is 17.9 Å². The lowest BCUT2D eigenvalue weighted by Gasteiger charge is -2.26. The fourth-order valence-electron chi connectivity index (χ4n) is 7.31. The topological polar surface area (TPSA) is 111 Å². The maximum Gasteiger partial charge on any atom is 0.306 e. The van der Waals surface area contributed by atoms with Gasteiger partial charge in [0.05, 0.1) is 40.3 Å². The van der Waals surface area contributed by atoms with E-state index < -0.39 is 30.3 Å². The summed E-state index contributed by atoms with van der Waals surface area (Å²) in [6, 6.07) is 0. The van der Waals surface area contributed by atoms with Crippen molar-refractivity contribution in [3.05, 3.63) is 170 Å². The number of nitrogens with zero attached hydrogens (tertiary/aromatic N) is 1. The fraction of sp³-hybridized carbons (Fsp3) is 0.557. The van der Waals surface area contributed by atoms with Crippen LogP contribution in [0.2, 0.25) is 0 Å². The van der Waals surface area contributed by atoms with Crippen molar-refractivity contribution in [1.29, 1.82) is 0 Å². The smallest absolute Gasteiger partial charge is 0.306 e. The molecule has 0 aliphatic heterocycles. The van der Waals surface area contributed by atoms with Gasteiger partial charge in [-0.25, -0.2) is 0 Å². The van der Waals surface area contributed by atoms with Gasteiger partial charge in [-0.1, -0.05) is 216 Å². The Hall–Kier alpha value is -5.35. The summed E-state index contributed by atoms with van der Waals surface area (Å²) in [6.07, 6.45) is 85.6. The Morgan fingerprint density at radius 1 is 0.392 bits per heavy atom. The van der Waals surface area contributed by atoms with Gasteiger partial charge in [0, 0.05) is 12.8 Å². The van der Waals surface area contributed by atoms with Crippen molar-refractivity contribution in [2.24, 2.45) is 0 Å². The van der Waals surface area contributed by atoms with Crippen LogP contribution in [-0.4, -0.2) is 82.3 Å². The third-order valence-corrected chi connectivity index (χ3v) is 11.9. The highest BCUT2D eigenvalue weighted by atomic mass is 16.7. The first-order chi connectivity index (χ1) is 38.6. The summed E-state index contributed by atoms with van der Waals surface area (Å²) < 4.78 is 22.6. The predicted molar refractivity (Wildman–Crippen MR) is 333 cm³/mol. The van der Waals surface area contributed by atoms with Gasteiger partial charge in [-0.2, -0.15) is 0 Å². The van der Waals surface area contributed by atoms with Gasteiger partial charge in [0.1, 0.15) is 13.2 Å². The molecule has 0 aliphatic rings. The highest BCUT2D eigenvalue weighted by molar-refractivity contribution is 5.70. The van der Waals surface area contributed by atoms with Gasteiger partial charge in [0.2, 0.25) is 0 Å². The number of likely N-dealkylation sites (N-methyl/N-ethyl adjacent to an activating group) is 1. The average molecular weight is 1090 g/mol. The van der Waals surface area contributed by atoms with Crippen LogP contribution in [0.25, 0.3) is 0 Å². The van der Waals surface area contributed by atoms with Crippen molar-refractivity contribution in [1.82, 2.24) is 0 Å². The Bertz CT molecular complexity index is 1900. The Morgan fingerprint density at radius 2 is 0.722 bits per heavy atom. The van der Waals surface area contributed by atoms with Gasteiger partial charge in [-0.05, 0) is 135 Å². The highest BCUT2D eigenvalue weighted by Gasteiger charge is 2.22. The van der Waals surface area contributed by atoms with Crippen LogP contribution in [0.15, 0.2) is 170 Å². The molecular formula is C70H109NO8. The summed E-state index contributed by atoms with van der Waals surface area (Å²) in [5, 5.41) is 11.8. The van der Waals surface area contributed by atoms with Crippen molar-refractivity contribution < 1.29 is 42.9 Å². The fourth-order valence-corrected chi connectivity index (χ4v) is 7.31. The number of quaternary nitrogens is 1. The number of unbranched alkanes of at least 4 members (excludes halogenated alkanes) is 10. The second-order valence-electron chi connectivity index (χ2n) is 20.5. The van der Waals surface area contributed by atoms with Crippen LogP contribution in [0.3, 0.4) is 0 Å². The van der Waals surface area contributed by atoms with Crippen LogP contribution in [0, 0.1) is 0 Å². The molecule has 0 aromatic heterocycles. The minimum absolute atomic E-state index is 0.127. The third-order valence-electron chi connectivity index (χ3n) is 11.9. The Morgan fingerprint density at radius 3 is 1.10 bits per heavy atom. The molecule has 0 aromatic rings. The standard InChI is InChI=1S/C70H109NO8/c1-6-8-10-12-14-16-18-20-22-23-24-25-26-27-28-29-30-31-32-33-34-35-36-37-38-39-40-41-42-43-44-45-47-49-51-53-55-57-59-61-68(73)79-66(65-78-70(69(74)75)76-63-62-71(3,4)5)64-77-67(72)60-58-56-54-52-50-48-46-21-19-17-15-13-11-9-7-2/h8,10,14-17,20-22,24-25,27-28,30-31,33-34,36-37,39-40,42-43,45-47,51,53,66,70H,6-7,9,11-13,18-19,23,26,29,32,35,38,41,44,48-50,52,54-65H2,1-5H3/b10-8-,16-14-,17-15-,22-20-,25-24-,28-27-,31-30-,34-33-,37-36-,40-39-,43-42-,46-21-,47-45-,53-51-. The van der Waals surface area contributed by atoms with Gasteiger partial charge in [0.25, 0.3) is 0 Å². The Labute approximate surface area is 482 Å². The summed E-state index contributed by atoms with van der Waals surface area (Å²) in [7, 11) is 5.88. The van der Waals surface area contributed by atoms with Crippen LogP contribution in [-0.2, 0) is 33.3 Å². The molecule has 0 saturated carbocycles. The predicted octanol–water partition coefficient (Wildman–Crippen LogP) is 17.0. The number of hydrogen-bond donors (Lipinski definition) is 0.